The zero-order valence-electron chi connectivity index (χ0n) is 14.8. The Kier molecular flexibility index (Phi) is 4.56. The van der Waals surface area contributed by atoms with E-state index in [-0.39, 0.29) is 24.0 Å². The number of benzene rings is 1. The molecule has 1 aromatic rings. The lowest BCUT2D eigenvalue weighted by atomic mass is 10.1. The zero-order chi connectivity index (χ0) is 17.4. The molecule has 2 atom stereocenters. The molecule has 2 unspecified atom stereocenters. The highest BCUT2D eigenvalue weighted by atomic mass is 16.7. The average Bonchev–Trinajstić information content (AvgIpc) is 3.55. The van der Waals surface area contributed by atoms with E-state index in [9.17, 15) is 4.79 Å². The third kappa shape index (κ3) is 3.46. The smallest absolute Gasteiger partial charge is 0.226 e. The van der Waals surface area contributed by atoms with Crippen molar-refractivity contribution in [3.8, 4) is 11.5 Å². The van der Waals surface area contributed by atoms with Crippen molar-refractivity contribution in [1.29, 1.82) is 0 Å². The summed E-state index contributed by atoms with van der Waals surface area (Å²) in [6.07, 6.45) is 2.68. The Hall–Kier alpha value is -1.79. The molecular formula is C19H25NO5. The van der Waals surface area contributed by atoms with Crippen LogP contribution in [0.15, 0.2) is 18.2 Å². The molecule has 1 heterocycles. The van der Waals surface area contributed by atoms with Gasteiger partial charge in [-0.2, -0.15) is 0 Å². The van der Waals surface area contributed by atoms with Gasteiger partial charge in [-0.15, -0.1) is 0 Å². The molecule has 0 aromatic heterocycles. The van der Waals surface area contributed by atoms with Crippen LogP contribution in [0.5, 0.6) is 11.5 Å². The van der Waals surface area contributed by atoms with Crippen LogP contribution in [0.2, 0.25) is 0 Å². The molecule has 4 rings (SSSR count). The maximum absolute atomic E-state index is 13.0. The highest BCUT2D eigenvalue weighted by Gasteiger charge is 2.48. The first-order valence-corrected chi connectivity index (χ1v) is 8.97. The van der Waals surface area contributed by atoms with Gasteiger partial charge in [0.15, 0.2) is 17.8 Å². The van der Waals surface area contributed by atoms with Crippen molar-refractivity contribution in [2.24, 2.45) is 5.92 Å². The van der Waals surface area contributed by atoms with Gasteiger partial charge < -0.3 is 23.8 Å². The zero-order valence-corrected chi connectivity index (χ0v) is 14.8. The number of hydrogen-bond acceptors (Lipinski definition) is 5. The van der Waals surface area contributed by atoms with Crippen LogP contribution in [0.3, 0.4) is 0 Å². The Balaban J connectivity index is 1.43. The second-order valence-electron chi connectivity index (χ2n) is 6.97. The molecule has 6 nitrogen and oxygen atoms in total. The molecule has 2 saturated carbocycles. The summed E-state index contributed by atoms with van der Waals surface area (Å²) in [5, 5.41) is 0. The molecule has 1 aromatic carbocycles. The van der Waals surface area contributed by atoms with Gasteiger partial charge in [0.05, 0.1) is 6.54 Å². The molecule has 3 aliphatic rings. The fourth-order valence-corrected chi connectivity index (χ4v) is 3.55. The number of methoxy groups -OCH3 is 2. The molecule has 1 amide bonds. The Bertz CT molecular complexity index is 641. The van der Waals surface area contributed by atoms with Gasteiger partial charge in [-0.05, 0) is 42.9 Å². The molecule has 0 bridgehead atoms. The number of nitrogens with zero attached hydrogens (tertiary/aromatic N) is 1. The highest BCUT2D eigenvalue weighted by Crippen LogP contribution is 2.51. The van der Waals surface area contributed by atoms with Crippen LogP contribution in [0.25, 0.3) is 0 Å². The number of ether oxygens (including phenoxy) is 4. The molecule has 136 valence electrons. The number of rotatable bonds is 7. The fraction of sp³-hybridized carbons (Fsp3) is 0.632. The van der Waals surface area contributed by atoms with Crippen molar-refractivity contribution in [3.63, 3.8) is 0 Å². The third-order valence-corrected chi connectivity index (χ3v) is 5.24. The molecule has 0 saturated heterocycles. The maximum atomic E-state index is 13.0. The minimum Gasteiger partial charge on any atom is -0.486 e. The lowest BCUT2D eigenvalue weighted by Crippen LogP contribution is -2.41. The van der Waals surface area contributed by atoms with E-state index in [4.69, 9.17) is 18.9 Å². The Morgan fingerprint density at radius 3 is 2.60 bits per heavy atom. The standard InChI is InChI=1S/C19H25NO5/c1-22-18(23-2)11-20(13-4-5-13)19(21)15-10-14(15)12-3-6-16-17(9-12)25-8-7-24-16/h3,6,9,13-15,18H,4-5,7-8,10-11H2,1-2H3. The SMILES string of the molecule is COC(CN(C(=O)C1CC1c1ccc2c(c1)OCCO2)C1CC1)OC. The maximum Gasteiger partial charge on any atom is 0.226 e. The number of amides is 1. The van der Waals surface area contributed by atoms with Gasteiger partial charge in [0.1, 0.15) is 13.2 Å². The van der Waals surface area contributed by atoms with E-state index in [1.54, 1.807) is 14.2 Å². The van der Waals surface area contributed by atoms with Gasteiger partial charge in [0, 0.05) is 26.2 Å². The van der Waals surface area contributed by atoms with Gasteiger partial charge in [-0.1, -0.05) is 6.07 Å². The molecule has 25 heavy (non-hydrogen) atoms. The monoisotopic (exact) mass is 347 g/mol. The van der Waals surface area contributed by atoms with Crippen LogP contribution in [0, 0.1) is 5.92 Å². The van der Waals surface area contributed by atoms with E-state index in [1.807, 2.05) is 17.0 Å². The van der Waals surface area contributed by atoms with Gasteiger partial charge in [-0.25, -0.2) is 0 Å². The average molecular weight is 347 g/mol. The van der Waals surface area contributed by atoms with Gasteiger partial charge in [-0.3, -0.25) is 4.79 Å². The van der Waals surface area contributed by atoms with E-state index < -0.39 is 0 Å². The van der Waals surface area contributed by atoms with Crippen LogP contribution in [-0.2, 0) is 14.3 Å². The fourth-order valence-electron chi connectivity index (χ4n) is 3.55. The summed E-state index contributed by atoms with van der Waals surface area (Å²) in [6, 6.07) is 6.39. The van der Waals surface area contributed by atoms with E-state index >= 15 is 0 Å². The normalized spacial score (nSPS) is 24.3. The Morgan fingerprint density at radius 2 is 1.92 bits per heavy atom. The summed E-state index contributed by atoms with van der Waals surface area (Å²) in [6.45, 7) is 1.67. The number of hydrogen-bond donors (Lipinski definition) is 0. The highest BCUT2D eigenvalue weighted by molar-refractivity contribution is 5.83. The van der Waals surface area contributed by atoms with E-state index in [0.29, 0.717) is 25.8 Å². The first kappa shape index (κ1) is 16.7. The second-order valence-corrected chi connectivity index (χ2v) is 6.97. The van der Waals surface area contributed by atoms with Gasteiger partial charge in [0.25, 0.3) is 0 Å². The summed E-state index contributed by atoms with van der Waals surface area (Å²) < 4.78 is 21.8. The van der Waals surface area contributed by atoms with Crippen LogP contribution in [-0.4, -0.2) is 57.1 Å². The first-order chi connectivity index (χ1) is 12.2. The van der Waals surface area contributed by atoms with Crippen molar-refractivity contribution in [2.75, 3.05) is 34.0 Å². The topological polar surface area (TPSA) is 57.2 Å². The lowest BCUT2D eigenvalue weighted by molar-refractivity contribution is -0.147. The molecule has 2 fully saturated rings. The molecule has 0 spiro atoms. The Morgan fingerprint density at radius 1 is 1.20 bits per heavy atom. The van der Waals surface area contributed by atoms with Crippen molar-refractivity contribution in [2.45, 2.75) is 37.5 Å². The minimum atomic E-state index is -0.365. The summed E-state index contributed by atoms with van der Waals surface area (Å²) in [5.74, 6) is 2.13. The summed E-state index contributed by atoms with van der Waals surface area (Å²) in [5.41, 5.74) is 1.16. The number of carbonyl (C=O) groups excluding carboxylic acids is 1. The first-order valence-electron chi connectivity index (χ1n) is 8.97. The van der Waals surface area contributed by atoms with Crippen LogP contribution in [0.1, 0.15) is 30.7 Å². The Labute approximate surface area is 148 Å². The van der Waals surface area contributed by atoms with Crippen molar-refractivity contribution in [1.82, 2.24) is 4.90 Å². The van der Waals surface area contributed by atoms with Gasteiger partial charge >= 0.3 is 0 Å². The van der Waals surface area contributed by atoms with Crippen LogP contribution in [0.4, 0.5) is 0 Å². The van der Waals surface area contributed by atoms with Crippen LogP contribution < -0.4 is 9.47 Å². The van der Waals surface area contributed by atoms with E-state index in [2.05, 4.69) is 6.07 Å². The molecule has 0 N–H and O–H groups in total. The van der Waals surface area contributed by atoms with Crippen LogP contribution >= 0.6 is 0 Å². The molecule has 1 aliphatic heterocycles. The molecule has 0 radical (unpaired) electrons. The number of carbonyl (C=O) groups is 1. The lowest BCUT2D eigenvalue weighted by Gasteiger charge is -2.26. The molecule has 2 aliphatic carbocycles. The number of fused-ring (bicyclic) bond motifs is 1. The van der Waals surface area contributed by atoms with Crippen molar-refractivity contribution >= 4 is 5.91 Å². The largest absolute Gasteiger partial charge is 0.486 e. The predicted molar refractivity (Wildman–Crippen MR) is 90.8 cm³/mol. The summed E-state index contributed by atoms with van der Waals surface area (Å²) in [7, 11) is 3.22. The van der Waals surface area contributed by atoms with E-state index in [1.165, 1.54) is 0 Å². The minimum absolute atomic E-state index is 0.0533. The van der Waals surface area contributed by atoms with Crippen molar-refractivity contribution < 1.29 is 23.7 Å². The summed E-state index contributed by atoms with van der Waals surface area (Å²) >= 11 is 0. The molecular weight excluding hydrogens is 322 g/mol. The van der Waals surface area contributed by atoms with Gasteiger partial charge in [0.2, 0.25) is 5.91 Å². The third-order valence-electron chi connectivity index (χ3n) is 5.24. The van der Waals surface area contributed by atoms with Crippen molar-refractivity contribution in [3.05, 3.63) is 23.8 Å². The quantitative estimate of drug-likeness (QED) is 0.708. The predicted octanol–water partition coefficient (Wildman–Crippen LogP) is 2.17. The van der Waals surface area contributed by atoms with E-state index in [0.717, 1.165) is 36.3 Å². The molecule has 6 heteroatoms. The second kappa shape index (κ2) is 6.84. The summed E-state index contributed by atoms with van der Waals surface area (Å²) in [4.78, 5) is 14.9.